The van der Waals surface area contributed by atoms with E-state index < -0.39 is 0 Å². The van der Waals surface area contributed by atoms with E-state index in [0.29, 0.717) is 55.4 Å². The molecule has 2 aliphatic heterocycles. The largest absolute Gasteiger partial charge is 0.497 e. The number of rotatable bonds is 9. The molecule has 1 saturated heterocycles. The third kappa shape index (κ3) is 5.64. The fourth-order valence-corrected chi connectivity index (χ4v) is 4.92. The normalized spacial score (nSPS) is 18.3. The van der Waals surface area contributed by atoms with Crippen LogP contribution >= 0.6 is 0 Å². The summed E-state index contributed by atoms with van der Waals surface area (Å²) in [4.78, 5) is 27.2. The number of benzene rings is 2. The van der Waals surface area contributed by atoms with E-state index >= 15 is 0 Å². The highest BCUT2D eigenvalue weighted by atomic mass is 16.5. The lowest BCUT2D eigenvalue weighted by Gasteiger charge is -2.31. The Kier molecular flexibility index (Phi) is 8.17. The number of methoxy groups -OCH3 is 4. The maximum absolute atomic E-state index is 13.6. The number of piperidine rings is 1. The summed E-state index contributed by atoms with van der Waals surface area (Å²) < 4.78 is 22.0. The van der Waals surface area contributed by atoms with Crippen LogP contribution in [0, 0.1) is 5.92 Å². The first-order valence-corrected chi connectivity index (χ1v) is 12.2. The lowest BCUT2D eigenvalue weighted by atomic mass is 9.96. The number of hydrazone groups is 1. The monoisotopic (exact) mass is 510 g/mol. The number of carbonyl (C=O) groups excluding carboxylic acids is 2. The fourth-order valence-electron chi connectivity index (χ4n) is 4.92. The highest BCUT2D eigenvalue weighted by molar-refractivity contribution is 6.05. The minimum atomic E-state index is -0.377. The lowest BCUT2D eigenvalue weighted by Crippen LogP contribution is -2.44. The molecule has 37 heavy (non-hydrogen) atoms. The molecule has 1 atom stereocenters. The van der Waals surface area contributed by atoms with Crippen molar-refractivity contribution in [2.45, 2.75) is 25.3 Å². The molecule has 2 aliphatic rings. The zero-order valence-corrected chi connectivity index (χ0v) is 21.7. The minimum Gasteiger partial charge on any atom is -0.497 e. The molecule has 2 aromatic rings. The summed E-state index contributed by atoms with van der Waals surface area (Å²) in [7, 11) is 6.38. The number of nitrogens with two attached hydrogens (primary N) is 1. The van der Waals surface area contributed by atoms with Crippen LogP contribution in [0.3, 0.4) is 0 Å². The predicted octanol–water partition coefficient (Wildman–Crippen LogP) is 2.60. The number of amides is 2. The van der Waals surface area contributed by atoms with Crippen molar-refractivity contribution < 1.29 is 28.5 Å². The van der Waals surface area contributed by atoms with Crippen LogP contribution in [0.4, 0.5) is 0 Å². The van der Waals surface area contributed by atoms with Gasteiger partial charge >= 0.3 is 0 Å². The zero-order chi connectivity index (χ0) is 26.5. The molecular weight excluding hydrogens is 476 g/mol. The van der Waals surface area contributed by atoms with Gasteiger partial charge in [0, 0.05) is 35.6 Å². The van der Waals surface area contributed by atoms with Crippen molar-refractivity contribution in [2.75, 3.05) is 48.1 Å². The molecule has 0 spiro atoms. The van der Waals surface area contributed by atoms with Gasteiger partial charge in [-0.05, 0) is 50.2 Å². The van der Waals surface area contributed by atoms with Crippen molar-refractivity contribution in [3.05, 3.63) is 47.5 Å². The first-order chi connectivity index (χ1) is 17.9. The van der Waals surface area contributed by atoms with Crippen molar-refractivity contribution >= 4 is 17.5 Å². The van der Waals surface area contributed by atoms with Crippen LogP contribution in [0.25, 0.3) is 0 Å². The second-order valence-corrected chi connectivity index (χ2v) is 9.13. The number of hydrogen-bond donors (Lipinski definition) is 1. The predicted molar refractivity (Wildman–Crippen MR) is 138 cm³/mol. The maximum atomic E-state index is 13.6. The molecule has 2 amide bonds. The Bertz CT molecular complexity index is 1180. The van der Waals surface area contributed by atoms with Gasteiger partial charge in [-0.1, -0.05) is 0 Å². The highest BCUT2D eigenvalue weighted by Crippen LogP contribution is 2.40. The molecule has 198 valence electrons. The highest BCUT2D eigenvalue weighted by Gasteiger charge is 2.37. The Hall–Kier alpha value is -3.79. The number of likely N-dealkylation sites (tertiary alicyclic amines) is 1. The van der Waals surface area contributed by atoms with Crippen LogP contribution in [-0.4, -0.2) is 75.5 Å². The number of primary amides is 1. The van der Waals surface area contributed by atoms with Gasteiger partial charge in [0.25, 0.3) is 5.91 Å². The first-order valence-electron chi connectivity index (χ1n) is 12.2. The van der Waals surface area contributed by atoms with Gasteiger partial charge < -0.3 is 24.7 Å². The molecule has 2 heterocycles. The van der Waals surface area contributed by atoms with E-state index in [1.54, 1.807) is 45.6 Å². The minimum absolute atomic E-state index is 0.136. The summed E-state index contributed by atoms with van der Waals surface area (Å²) in [6.07, 6.45) is 1.77. The molecule has 1 fully saturated rings. The zero-order valence-electron chi connectivity index (χ0n) is 21.7. The van der Waals surface area contributed by atoms with E-state index in [0.717, 1.165) is 16.8 Å². The molecule has 0 saturated carbocycles. The Morgan fingerprint density at radius 1 is 0.919 bits per heavy atom. The number of ether oxygens (including phenoxy) is 4. The molecule has 0 bridgehead atoms. The molecule has 0 aromatic heterocycles. The van der Waals surface area contributed by atoms with E-state index in [1.165, 1.54) is 0 Å². The van der Waals surface area contributed by atoms with Gasteiger partial charge in [0.1, 0.15) is 23.0 Å². The van der Waals surface area contributed by atoms with E-state index in [4.69, 9.17) is 29.8 Å². The number of carbonyl (C=O) groups is 2. The summed E-state index contributed by atoms with van der Waals surface area (Å²) in [5.74, 6) is 2.00. The molecule has 0 radical (unpaired) electrons. The van der Waals surface area contributed by atoms with Crippen LogP contribution in [-0.2, 0) is 9.59 Å². The molecule has 10 nitrogen and oxygen atoms in total. The van der Waals surface area contributed by atoms with E-state index in [-0.39, 0.29) is 30.3 Å². The van der Waals surface area contributed by atoms with Crippen LogP contribution in [0.5, 0.6) is 23.0 Å². The second-order valence-electron chi connectivity index (χ2n) is 9.13. The Balaban J connectivity index is 1.65. The van der Waals surface area contributed by atoms with E-state index in [2.05, 4.69) is 0 Å². The quantitative estimate of drug-likeness (QED) is 0.551. The topological polar surface area (TPSA) is 116 Å². The molecule has 10 heteroatoms. The first kappa shape index (κ1) is 26.3. The molecule has 0 unspecified atom stereocenters. The second kappa shape index (κ2) is 11.5. The maximum Gasteiger partial charge on any atom is 0.257 e. The van der Waals surface area contributed by atoms with E-state index in [1.807, 2.05) is 29.2 Å². The van der Waals surface area contributed by atoms with Gasteiger partial charge in [0.05, 0.1) is 46.7 Å². The van der Waals surface area contributed by atoms with Crippen molar-refractivity contribution in [3.8, 4) is 23.0 Å². The Morgan fingerprint density at radius 3 is 2.14 bits per heavy atom. The average Bonchev–Trinajstić information content (AvgIpc) is 3.37. The molecule has 0 aliphatic carbocycles. The molecule has 2 N–H and O–H groups in total. The molecule has 4 rings (SSSR count). The number of nitrogens with zero attached hydrogens (tertiary/aromatic N) is 3. The van der Waals surface area contributed by atoms with Crippen molar-refractivity contribution in [1.29, 1.82) is 0 Å². The summed E-state index contributed by atoms with van der Waals surface area (Å²) in [6.45, 7) is 1.45. The summed E-state index contributed by atoms with van der Waals surface area (Å²) in [5, 5.41) is 6.34. The number of hydrogen-bond acceptors (Lipinski definition) is 8. The van der Waals surface area contributed by atoms with Crippen molar-refractivity contribution in [2.24, 2.45) is 16.8 Å². The summed E-state index contributed by atoms with van der Waals surface area (Å²) in [6, 6.07) is 10.7. The van der Waals surface area contributed by atoms with Gasteiger partial charge in [0.15, 0.2) is 0 Å². The van der Waals surface area contributed by atoms with Crippen LogP contribution in [0.15, 0.2) is 41.5 Å². The van der Waals surface area contributed by atoms with Gasteiger partial charge in [0.2, 0.25) is 5.91 Å². The van der Waals surface area contributed by atoms with Gasteiger partial charge in [-0.15, -0.1) is 0 Å². The average molecular weight is 511 g/mol. The summed E-state index contributed by atoms with van der Waals surface area (Å²) >= 11 is 0. The third-order valence-corrected chi connectivity index (χ3v) is 7.03. The standard InChI is InChI=1S/C27H34N4O6/c1-34-18-5-7-20(24(13-18)36-3)22-15-23(21-8-6-19(35-2)14-25(21)37-4)31(29-22)26(32)16-30-11-9-17(10-12-30)27(28)33/h5-8,13-14,17,23H,9-12,15-16H2,1-4H3,(H2,28,33)/t23-/m1/s1. The SMILES string of the molecule is COc1ccc(C2=NN(C(=O)CN3CCC(C(N)=O)CC3)[C@@H](c3ccc(OC)cc3OC)C2)c(OC)c1. The molecular formula is C27H34N4O6. The van der Waals surface area contributed by atoms with Crippen molar-refractivity contribution in [1.82, 2.24) is 9.91 Å². The van der Waals surface area contributed by atoms with Gasteiger partial charge in [-0.3, -0.25) is 14.5 Å². The lowest BCUT2D eigenvalue weighted by molar-refractivity contribution is -0.134. The fraction of sp³-hybridized carbons (Fsp3) is 0.444. The van der Waals surface area contributed by atoms with E-state index in [9.17, 15) is 9.59 Å². The van der Waals surface area contributed by atoms with Crippen LogP contribution in [0.1, 0.15) is 36.4 Å². The van der Waals surface area contributed by atoms with Gasteiger partial charge in [-0.2, -0.15) is 5.10 Å². The van der Waals surface area contributed by atoms with Crippen LogP contribution < -0.4 is 24.7 Å². The van der Waals surface area contributed by atoms with Crippen LogP contribution in [0.2, 0.25) is 0 Å². The molecule has 2 aromatic carbocycles. The van der Waals surface area contributed by atoms with Crippen molar-refractivity contribution in [3.63, 3.8) is 0 Å². The van der Waals surface area contributed by atoms with Gasteiger partial charge in [-0.25, -0.2) is 5.01 Å². The third-order valence-electron chi connectivity index (χ3n) is 7.03. The Morgan fingerprint density at radius 2 is 1.54 bits per heavy atom. The summed E-state index contributed by atoms with van der Waals surface area (Å²) in [5.41, 5.74) is 7.81. The smallest absolute Gasteiger partial charge is 0.257 e. The Labute approximate surface area is 216 Å².